The molecule has 3 amide bonds. The molecule has 0 bridgehead atoms. The number of fused-ring (bicyclic) bond motifs is 1. The van der Waals surface area contributed by atoms with E-state index < -0.39 is 35.3 Å². The largest absolute Gasteiger partial charge is 0.477 e. The van der Waals surface area contributed by atoms with Crippen LogP contribution in [0, 0.1) is 12.3 Å². The zero-order valence-corrected chi connectivity index (χ0v) is 22.5. The Hall–Kier alpha value is -3.22. The maximum absolute atomic E-state index is 13.0. The van der Waals surface area contributed by atoms with E-state index in [0.717, 1.165) is 16.3 Å². The number of oxime groups is 1. The molecule has 18 heteroatoms. The van der Waals surface area contributed by atoms with Crippen LogP contribution in [-0.2, 0) is 19.2 Å². The van der Waals surface area contributed by atoms with Crippen LogP contribution in [0.4, 0.5) is 4.79 Å². The van der Waals surface area contributed by atoms with Crippen molar-refractivity contribution >= 4 is 75.8 Å². The highest BCUT2D eigenvalue weighted by molar-refractivity contribution is 8.01. The van der Waals surface area contributed by atoms with Gasteiger partial charge in [0.1, 0.15) is 22.1 Å². The average molecular weight is 585 g/mol. The lowest BCUT2D eigenvalue weighted by molar-refractivity contribution is -0.150. The number of aliphatic carboxylic acids is 1. The van der Waals surface area contributed by atoms with Gasteiger partial charge in [-0.2, -0.15) is 0 Å². The van der Waals surface area contributed by atoms with Crippen LogP contribution in [0.3, 0.4) is 0 Å². The average Bonchev–Trinajstić information content (AvgIpc) is 3.48. The normalized spacial score (nSPS) is 19.2. The number of carbonyl (C=O) groups is 4. The molecule has 0 aromatic carbocycles. The maximum atomic E-state index is 13.0. The lowest BCUT2D eigenvalue weighted by atomic mass is 10.0. The minimum atomic E-state index is -1.24. The maximum Gasteiger partial charge on any atom is 0.433 e. The molecule has 2 aromatic rings. The van der Waals surface area contributed by atoms with Gasteiger partial charge in [0.05, 0.1) is 5.69 Å². The van der Waals surface area contributed by atoms with Gasteiger partial charge in [-0.05, 0) is 19.4 Å². The number of thioether (sulfide) groups is 2. The Morgan fingerprint density at radius 1 is 1.41 bits per heavy atom. The highest BCUT2D eigenvalue weighted by Gasteiger charge is 2.54. The first kappa shape index (κ1) is 26.8. The molecule has 0 spiro atoms. The van der Waals surface area contributed by atoms with Crippen molar-refractivity contribution in [1.29, 1.82) is 5.41 Å². The molecule has 0 saturated carbocycles. The van der Waals surface area contributed by atoms with Crippen LogP contribution in [0.15, 0.2) is 26.1 Å². The SMILES string of the molecule is CCNC(=O)ON=C(C(=O)NC1C(=O)N2C(C(=O)O)=C(CSc3nnc(C)s3)CS[C@@H]12)c1csc(=N)[nH]1. The molecule has 2 aliphatic rings. The number of nitrogens with one attached hydrogen (secondary N) is 4. The molecule has 37 heavy (non-hydrogen) atoms. The van der Waals surface area contributed by atoms with Gasteiger partial charge in [0.15, 0.2) is 14.9 Å². The number of nitrogens with zero attached hydrogens (tertiary/aromatic N) is 4. The highest BCUT2D eigenvalue weighted by Crippen LogP contribution is 2.41. The first-order valence-electron chi connectivity index (χ1n) is 10.6. The summed E-state index contributed by atoms with van der Waals surface area (Å²) < 4.78 is 0.699. The van der Waals surface area contributed by atoms with Crippen LogP contribution in [-0.4, -0.2) is 84.2 Å². The van der Waals surface area contributed by atoms with E-state index in [1.807, 2.05) is 6.92 Å². The Balaban J connectivity index is 1.49. The Labute approximate surface area is 225 Å². The van der Waals surface area contributed by atoms with Crippen molar-refractivity contribution in [2.75, 3.05) is 18.1 Å². The summed E-state index contributed by atoms with van der Waals surface area (Å²) in [4.78, 5) is 58.3. The topological polar surface area (TPSA) is 203 Å². The Morgan fingerprint density at radius 2 is 2.19 bits per heavy atom. The van der Waals surface area contributed by atoms with Gasteiger partial charge in [0, 0.05) is 23.4 Å². The molecule has 196 valence electrons. The molecule has 2 aliphatic heterocycles. The summed E-state index contributed by atoms with van der Waals surface area (Å²) in [5.74, 6) is -1.98. The third-order valence-electron chi connectivity index (χ3n) is 4.97. The van der Waals surface area contributed by atoms with Crippen LogP contribution < -0.4 is 15.4 Å². The van der Waals surface area contributed by atoms with E-state index >= 15 is 0 Å². The van der Waals surface area contributed by atoms with Crippen molar-refractivity contribution in [2.24, 2.45) is 5.16 Å². The number of carbonyl (C=O) groups excluding carboxylic acids is 3. The number of hydrogen-bond donors (Lipinski definition) is 5. The molecule has 0 radical (unpaired) electrons. The summed E-state index contributed by atoms with van der Waals surface area (Å²) >= 11 is 5.06. The molecule has 14 nitrogen and oxygen atoms in total. The number of H-pyrrole nitrogens is 1. The Kier molecular flexibility index (Phi) is 8.30. The van der Waals surface area contributed by atoms with Gasteiger partial charge in [0.25, 0.3) is 11.8 Å². The monoisotopic (exact) mass is 584 g/mol. The number of carboxylic acid groups (broad SMARTS) is 1. The van der Waals surface area contributed by atoms with Gasteiger partial charge >= 0.3 is 12.1 Å². The lowest BCUT2D eigenvalue weighted by Gasteiger charge is -2.49. The van der Waals surface area contributed by atoms with E-state index in [4.69, 9.17) is 10.2 Å². The quantitative estimate of drug-likeness (QED) is 0.0917. The minimum absolute atomic E-state index is 0.0348. The van der Waals surface area contributed by atoms with Crippen LogP contribution in [0.5, 0.6) is 0 Å². The molecular formula is C19H20N8O6S4. The summed E-state index contributed by atoms with van der Waals surface area (Å²) in [6, 6.07) is -1.02. The molecule has 1 saturated heterocycles. The van der Waals surface area contributed by atoms with Gasteiger partial charge in [-0.25, -0.2) is 9.59 Å². The fourth-order valence-electron chi connectivity index (χ4n) is 3.38. The van der Waals surface area contributed by atoms with Gasteiger partial charge < -0.3 is 20.7 Å². The molecule has 2 atom stereocenters. The fourth-order valence-corrected chi connectivity index (χ4v) is 7.26. The van der Waals surface area contributed by atoms with E-state index in [1.54, 1.807) is 6.92 Å². The summed E-state index contributed by atoms with van der Waals surface area (Å²) in [7, 11) is 0. The minimum Gasteiger partial charge on any atom is -0.477 e. The number of carboxylic acids is 1. The number of aromatic amines is 1. The van der Waals surface area contributed by atoms with Crippen LogP contribution in [0.2, 0.25) is 0 Å². The zero-order chi connectivity index (χ0) is 26.7. The number of β-lactam (4-membered cyclic amide) rings is 1. The number of thiazole rings is 1. The first-order valence-corrected chi connectivity index (χ1v) is 14.3. The second-order valence-corrected chi connectivity index (χ2v) is 11.8. The summed E-state index contributed by atoms with van der Waals surface area (Å²) in [5.41, 5.74) is 0.241. The number of aryl methyl sites for hydroxylation is 1. The molecule has 2 aromatic heterocycles. The predicted octanol–water partition coefficient (Wildman–Crippen LogP) is 0.697. The van der Waals surface area contributed by atoms with Crippen molar-refractivity contribution in [3.63, 3.8) is 0 Å². The Bertz CT molecular complexity index is 1360. The van der Waals surface area contributed by atoms with Crippen LogP contribution in [0.25, 0.3) is 0 Å². The second-order valence-electron chi connectivity index (χ2n) is 7.45. The van der Waals surface area contributed by atoms with Crippen LogP contribution in [0.1, 0.15) is 17.6 Å². The number of aromatic nitrogens is 3. The van der Waals surface area contributed by atoms with E-state index in [0.29, 0.717) is 21.4 Å². The lowest BCUT2D eigenvalue weighted by Crippen LogP contribution is -2.71. The van der Waals surface area contributed by atoms with Gasteiger partial charge in [0.2, 0.25) is 0 Å². The first-order chi connectivity index (χ1) is 17.7. The fraction of sp³-hybridized carbons (Fsp3) is 0.368. The molecule has 5 N–H and O–H groups in total. The van der Waals surface area contributed by atoms with Crippen LogP contribution >= 0.6 is 46.2 Å². The predicted molar refractivity (Wildman–Crippen MR) is 136 cm³/mol. The third kappa shape index (κ3) is 5.86. The molecule has 1 unspecified atom stereocenters. The van der Waals surface area contributed by atoms with Crippen molar-refractivity contribution in [1.82, 2.24) is 30.7 Å². The third-order valence-corrected chi connectivity index (χ3v) is 9.06. The van der Waals surface area contributed by atoms with Crippen molar-refractivity contribution < 1.29 is 29.1 Å². The van der Waals surface area contributed by atoms with E-state index in [1.165, 1.54) is 45.1 Å². The van der Waals surface area contributed by atoms with Gasteiger partial charge in [-0.3, -0.25) is 24.7 Å². The summed E-state index contributed by atoms with van der Waals surface area (Å²) in [6.45, 7) is 3.78. The molecule has 4 heterocycles. The molecule has 1 fully saturated rings. The number of amides is 3. The van der Waals surface area contributed by atoms with E-state index in [-0.39, 0.29) is 28.4 Å². The van der Waals surface area contributed by atoms with Crippen molar-refractivity contribution in [3.05, 3.63) is 32.2 Å². The molecule has 0 aliphatic carbocycles. The zero-order valence-electron chi connectivity index (χ0n) is 19.3. The van der Waals surface area contributed by atoms with Crippen molar-refractivity contribution in [3.8, 4) is 0 Å². The standard InChI is InChI=1S/C19H20N8O6S4/c1-3-21-18(32)33-26-10(9-6-35-17(20)22-9)13(28)23-11-14(29)27-12(16(30)31)8(4-34-15(11)27)5-36-19-25-24-7(2)37-19/h6,11,15H,3-5H2,1-2H3,(H2,20,22)(H,21,32)(H,23,28)(H,30,31)/t11?,15-/m0/s1. The molecular weight excluding hydrogens is 565 g/mol. The Morgan fingerprint density at radius 3 is 2.81 bits per heavy atom. The number of rotatable bonds is 9. The second kappa shape index (κ2) is 11.4. The van der Waals surface area contributed by atoms with E-state index in [9.17, 15) is 24.3 Å². The van der Waals surface area contributed by atoms with Gasteiger partial charge in [-0.1, -0.05) is 28.3 Å². The summed E-state index contributed by atoms with van der Waals surface area (Å²) in [5, 5.41) is 35.6. The highest BCUT2D eigenvalue weighted by atomic mass is 32.2. The molecule has 4 rings (SSSR count). The van der Waals surface area contributed by atoms with E-state index in [2.05, 4.69) is 31.0 Å². The number of hydrogen-bond acceptors (Lipinski definition) is 13. The smallest absolute Gasteiger partial charge is 0.433 e. The van der Waals surface area contributed by atoms with Gasteiger partial charge in [-0.15, -0.1) is 33.3 Å². The summed E-state index contributed by atoms with van der Waals surface area (Å²) in [6.07, 6.45) is -0.881. The van der Waals surface area contributed by atoms with Crippen molar-refractivity contribution in [2.45, 2.75) is 29.6 Å².